The predicted molar refractivity (Wildman–Crippen MR) is 129 cm³/mol. The van der Waals surface area contributed by atoms with Crippen LogP contribution in [-0.4, -0.2) is 34.0 Å². The number of halogens is 1. The summed E-state index contributed by atoms with van der Waals surface area (Å²) in [5, 5.41) is 2.82. The molecule has 0 saturated carbocycles. The monoisotopic (exact) mass is 449 g/mol. The Morgan fingerprint density at radius 3 is 2.59 bits per heavy atom. The van der Waals surface area contributed by atoms with E-state index in [1.54, 1.807) is 13.4 Å². The number of alkyl halides is 1. The first-order valence-corrected chi connectivity index (χ1v) is 11.3. The van der Waals surface area contributed by atoms with Crippen molar-refractivity contribution in [3.8, 4) is 11.4 Å². The van der Waals surface area contributed by atoms with Crippen LogP contribution in [0.25, 0.3) is 11.8 Å². The summed E-state index contributed by atoms with van der Waals surface area (Å²) in [4.78, 5) is 17.5. The molecule has 1 aliphatic carbocycles. The fraction of sp³-hybridized carbons (Fsp3) is 0.308. The van der Waals surface area contributed by atoms with E-state index in [0.29, 0.717) is 17.7 Å². The van der Waals surface area contributed by atoms with E-state index in [2.05, 4.69) is 22.4 Å². The highest BCUT2D eigenvalue weighted by atomic mass is 35.5. The highest BCUT2D eigenvalue weighted by Gasteiger charge is 2.25. The van der Waals surface area contributed by atoms with Gasteiger partial charge in [0.25, 0.3) is 0 Å². The quantitative estimate of drug-likeness (QED) is 0.413. The fourth-order valence-corrected chi connectivity index (χ4v) is 4.34. The summed E-state index contributed by atoms with van der Waals surface area (Å²) in [6.07, 6.45) is 7.92. The maximum atomic E-state index is 13.2. The lowest BCUT2D eigenvalue weighted by Gasteiger charge is -2.17. The number of methoxy groups -OCH3 is 1. The summed E-state index contributed by atoms with van der Waals surface area (Å²) < 4.78 is 7.53. The number of amides is 1. The number of imidazole rings is 1. The number of rotatable bonds is 7. The maximum Gasteiger partial charge on any atom is 0.248 e. The van der Waals surface area contributed by atoms with Crippen molar-refractivity contribution in [2.45, 2.75) is 44.5 Å². The molecule has 166 valence electrons. The Hall–Kier alpha value is -3.05. The molecule has 0 fully saturated rings. The third-order valence-corrected chi connectivity index (χ3v) is 6.40. The van der Waals surface area contributed by atoms with Crippen LogP contribution in [0.15, 0.2) is 60.6 Å². The lowest BCUT2D eigenvalue weighted by atomic mass is 10.0. The molecule has 4 rings (SSSR count). The molecule has 1 heterocycles. The molecule has 3 aromatic rings. The fourth-order valence-electron chi connectivity index (χ4n) is 4.18. The molecule has 1 aromatic heterocycles. The Morgan fingerprint density at radius 2 is 2.00 bits per heavy atom. The highest BCUT2D eigenvalue weighted by Crippen LogP contribution is 2.28. The standard InChI is InChI=1S/C26H28ClN3O2/c1-4-23(27)22(26(31)29-21-13-19-7-5-6-8-20(19)14-21)11-18-9-10-24(25(12-18)32-3)30-15-17(2)28-16-30/h5-12,15-16,21,23H,4,13-14H2,1-3H3,(H,29,31)/b22-11-/t23-/m0/s1. The largest absolute Gasteiger partial charge is 0.495 e. The van der Waals surface area contributed by atoms with E-state index in [4.69, 9.17) is 16.3 Å². The molecule has 0 bridgehead atoms. The summed E-state index contributed by atoms with van der Waals surface area (Å²) in [7, 11) is 1.64. The van der Waals surface area contributed by atoms with Crippen LogP contribution in [-0.2, 0) is 17.6 Å². The molecule has 0 aliphatic heterocycles. The number of carbonyl (C=O) groups is 1. The SMILES string of the molecule is CC[C@H](Cl)/C(=C/c1ccc(-n2cnc(C)c2)c(OC)c1)C(=O)NC1Cc2ccccc2C1. The van der Waals surface area contributed by atoms with E-state index < -0.39 is 0 Å². The van der Waals surface area contributed by atoms with Gasteiger partial charge in [0.05, 0.1) is 30.2 Å². The maximum absolute atomic E-state index is 13.2. The first-order valence-electron chi connectivity index (χ1n) is 10.9. The minimum absolute atomic E-state index is 0.0883. The Bertz CT molecular complexity index is 1130. The van der Waals surface area contributed by atoms with E-state index >= 15 is 0 Å². The Morgan fingerprint density at radius 1 is 1.28 bits per heavy atom. The second-order valence-corrected chi connectivity index (χ2v) is 8.70. The van der Waals surface area contributed by atoms with Crippen LogP contribution < -0.4 is 10.1 Å². The predicted octanol–water partition coefficient (Wildman–Crippen LogP) is 4.87. The van der Waals surface area contributed by atoms with Crippen molar-refractivity contribution in [1.29, 1.82) is 0 Å². The number of aromatic nitrogens is 2. The molecule has 0 unspecified atom stereocenters. The molecule has 0 spiro atoms. The summed E-state index contributed by atoms with van der Waals surface area (Å²) in [6.45, 7) is 3.93. The van der Waals surface area contributed by atoms with Crippen LogP contribution in [0, 0.1) is 6.92 Å². The van der Waals surface area contributed by atoms with Crippen molar-refractivity contribution >= 4 is 23.6 Å². The van der Waals surface area contributed by atoms with Gasteiger partial charge in [-0.05, 0) is 61.1 Å². The third kappa shape index (κ3) is 4.73. The number of hydrogen-bond donors (Lipinski definition) is 1. The number of nitrogens with one attached hydrogen (secondary N) is 1. The zero-order valence-corrected chi connectivity index (χ0v) is 19.4. The average molecular weight is 450 g/mol. The van der Waals surface area contributed by atoms with Crippen molar-refractivity contribution in [3.05, 3.63) is 82.9 Å². The first-order chi connectivity index (χ1) is 15.5. The zero-order valence-electron chi connectivity index (χ0n) is 18.6. The lowest BCUT2D eigenvalue weighted by molar-refractivity contribution is -0.118. The smallest absolute Gasteiger partial charge is 0.248 e. The average Bonchev–Trinajstić information content (AvgIpc) is 3.42. The first kappa shape index (κ1) is 22.2. The molecule has 1 N–H and O–H groups in total. The molecule has 6 heteroatoms. The van der Waals surface area contributed by atoms with E-state index in [0.717, 1.165) is 29.8 Å². The minimum atomic E-state index is -0.374. The van der Waals surface area contributed by atoms with E-state index in [9.17, 15) is 4.79 Å². The van der Waals surface area contributed by atoms with Gasteiger partial charge in [0, 0.05) is 17.8 Å². The number of hydrogen-bond acceptors (Lipinski definition) is 3. The van der Waals surface area contributed by atoms with Gasteiger partial charge < -0.3 is 14.6 Å². The van der Waals surface area contributed by atoms with Gasteiger partial charge in [0.2, 0.25) is 5.91 Å². The second-order valence-electron chi connectivity index (χ2n) is 8.18. The summed E-state index contributed by atoms with van der Waals surface area (Å²) in [5.74, 6) is 0.586. The lowest BCUT2D eigenvalue weighted by Crippen LogP contribution is -2.37. The number of aryl methyl sites for hydroxylation is 1. The number of benzene rings is 2. The molecular weight excluding hydrogens is 422 g/mol. The van der Waals surface area contributed by atoms with Crippen molar-refractivity contribution < 1.29 is 9.53 Å². The summed E-state index contributed by atoms with van der Waals surface area (Å²) in [5.41, 5.74) is 5.85. The molecule has 0 saturated heterocycles. The topological polar surface area (TPSA) is 56.2 Å². The van der Waals surface area contributed by atoms with E-state index in [-0.39, 0.29) is 17.3 Å². The van der Waals surface area contributed by atoms with Crippen LogP contribution in [0.4, 0.5) is 0 Å². The minimum Gasteiger partial charge on any atom is -0.495 e. The molecular formula is C26H28ClN3O2. The molecule has 1 amide bonds. The molecule has 1 aliphatic rings. The number of ether oxygens (including phenoxy) is 1. The molecule has 1 atom stereocenters. The van der Waals surface area contributed by atoms with Crippen molar-refractivity contribution in [2.75, 3.05) is 7.11 Å². The normalized spacial score (nSPS) is 14.8. The molecule has 0 radical (unpaired) electrons. The number of fused-ring (bicyclic) bond motifs is 1. The second kappa shape index (κ2) is 9.61. The van der Waals surface area contributed by atoms with Gasteiger partial charge in [-0.25, -0.2) is 4.98 Å². The Kier molecular flexibility index (Phi) is 6.66. The number of nitrogens with zero attached hydrogens (tertiary/aromatic N) is 2. The van der Waals surface area contributed by atoms with Gasteiger partial charge in [-0.1, -0.05) is 37.3 Å². The molecule has 5 nitrogen and oxygen atoms in total. The van der Waals surface area contributed by atoms with Crippen LogP contribution >= 0.6 is 11.6 Å². The zero-order chi connectivity index (χ0) is 22.7. The van der Waals surface area contributed by atoms with Crippen molar-refractivity contribution in [1.82, 2.24) is 14.9 Å². The van der Waals surface area contributed by atoms with E-state index in [1.165, 1.54) is 11.1 Å². The molecule has 2 aromatic carbocycles. The van der Waals surface area contributed by atoms with Gasteiger partial charge in [0.15, 0.2) is 0 Å². The van der Waals surface area contributed by atoms with Crippen LogP contribution in [0.2, 0.25) is 0 Å². The van der Waals surface area contributed by atoms with Gasteiger partial charge in [-0.15, -0.1) is 11.6 Å². The summed E-state index contributed by atoms with van der Waals surface area (Å²) >= 11 is 6.58. The van der Waals surface area contributed by atoms with Gasteiger partial charge >= 0.3 is 0 Å². The Balaban J connectivity index is 1.57. The van der Waals surface area contributed by atoms with Crippen LogP contribution in [0.3, 0.4) is 0 Å². The van der Waals surface area contributed by atoms with Crippen LogP contribution in [0.5, 0.6) is 5.75 Å². The van der Waals surface area contributed by atoms with Gasteiger partial charge in [-0.2, -0.15) is 0 Å². The van der Waals surface area contributed by atoms with Crippen LogP contribution in [0.1, 0.15) is 35.7 Å². The van der Waals surface area contributed by atoms with Gasteiger partial charge in [0.1, 0.15) is 5.75 Å². The number of carbonyl (C=O) groups excluding carboxylic acids is 1. The highest BCUT2D eigenvalue weighted by molar-refractivity contribution is 6.26. The summed E-state index contributed by atoms with van der Waals surface area (Å²) in [6, 6.07) is 14.3. The molecule has 32 heavy (non-hydrogen) atoms. The third-order valence-electron chi connectivity index (χ3n) is 5.86. The van der Waals surface area contributed by atoms with Gasteiger partial charge in [-0.3, -0.25) is 4.79 Å². The van der Waals surface area contributed by atoms with Crippen molar-refractivity contribution in [2.24, 2.45) is 0 Å². The van der Waals surface area contributed by atoms with Crippen molar-refractivity contribution in [3.63, 3.8) is 0 Å². The Labute approximate surface area is 194 Å². The van der Waals surface area contributed by atoms with E-state index in [1.807, 2.05) is 61.0 Å².